The van der Waals surface area contributed by atoms with Gasteiger partial charge < -0.3 is 5.11 Å². The van der Waals surface area contributed by atoms with Crippen LogP contribution in [0, 0.1) is 5.92 Å². The molecule has 0 bridgehead atoms. The van der Waals surface area contributed by atoms with Gasteiger partial charge in [0, 0.05) is 0 Å². The molecule has 1 heteroatoms. The average Bonchev–Trinajstić information content (AvgIpc) is 2.51. The van der Waals surface area contributed by atoms with Gasteiger partial charge in [-0.05, 0) is 31.6 Å². The van der Waals surface area contributed by atoms with Crippen molar-refractivity contribution in [3.8, 4) is 0 Å². The minimum atomic E-state index is -0.387. The second kappa shape index (κ2) is 14.5. The molecule has 0 fully saturated rings. The first-order chi connectivity index (χ1) is 10.6. The highest BCUT2D eigenvalue weighted by molar-refractivity contribution is 4.77. The lowest BCUT2D eigenvalue weighted by Crippen LogP contribution is -2.27. The van der Waals surface area contributed by atoms with Gasteiger partial charge in [0.2, 0.25) is 0 Å². The molecule has 1 N–H and O–H groups in total. The predicted molar refractivity (Wildman–Crippen MR) is 100 cm³/mol. The zero-order valence-electron chi connectivity index (χ0n) is 16.1. The lowest BCUT2D eigenvalue weighted by Gasteiger charge is -2.27. The van der Waals surface area contributed by atoms with Gasteiger partial charge in [-0.25, -0.2) is 0 Å². The van der Waals surface area contributed by atoms with Crippen molar-refractivity contribution in [3.05, 3.63) is 0 Å². The Hall–Kier alpha value is -0.0400. The quantitative estimate of drug-likeness (QED) is 0.297. The van der Waals surface area contributed by atoms with Gasteiger partial charge >= 0.3 is 0 Å². The molecule has 2 unspecified atom stereocenters. The highest BCUT2D eigenvalue weighted by atomic mass is 16.3. The molecule has 134 valence electrons. The van der Waals surface area contributed by atoms with Crippen molar-refractivity contribution >= 4 is 0 Å². The van der Waals surface area contributed by atoms with Crippen LogP contribution in [0.1, 0.15) is 124 Å². The summed E-state index contributed by atoms with van der Waals surface area (Å²) in [7, 11) is 0. The third kappa shape index (κ3) is 12.5. The average molecular weight is 313 g/mol. The van der Waals surface area contributed by atoms with Crippen molar-refractivity contribution in [3.63, 3.8) is 0 Å². The Balaban J connectivity index is 3.48. The Morgan fingerprint density at radius 1 is 0.682 bits per heavy atom. The fourth-order valence-electron chi connectivity index (χ4n) is 3.41. The maximum atomic E-state index is 10.5. The molecule has 2 atom stereocenters. The van der Waals surface area contributed by atoms with Crippen LogP contribution >= 0.6 is 0 Å². The molecular weight excluding hydrogens is 268 g/mol. The summed E-state index contributed by atoms with van der Waals surface area (Å²) in [5.74, 6) is 0.777. The molecule has 0 amide bonds. The number of unbranched alkanes of at least 4 members (excludes halogenated alkanes) is 8. The summed E-state index contributed by atoms with van der Waals surface area (Å²) >= 11 is 0. The first-order valence-corrected chi connectivity index (χ1v) is 10.3. The van der Waals surface area contributed by atoms with Crippen molar-refractivity contribution in [1.82, 2.24) is 0 Å². The van der Waals surface area contributed by atoms with E-state index in [1.807, 2.05) is 0 Å². The van der Waals surface area contributed by atoms with Crippen LogP contribution in [-0.2, 0) is 0 Å². The van der Waals surface area contributed by atoms with Gasteiger partial charge in [-0.2, -0.15) is 0 Å². The highest BCUT2D eigenvalue weighted by Gasteiger charge is 2.23. The van der Waals surface area contributed by atoms with E-state index in [9.17, 15) is 5.11 Å². The Bertz CT molecular complexity index is 226. The maximum absolute atomic E-state index is 10.5. The summed E-state index contributed by atoms with van der Waals surface area (Å²) in [6.07, 6.45) is 19.2. The first-order valence-electron chi connectivity index (χ1n) is 10.3. The molecule has 0 spiro atoms. The third-order valence-electron chi connectivity index (χ3n) is 5.28. The molecule has 1 nitrogen and oxygen atoms in total. The topological polar surface area (TPSA) is 20.2 Å². The molecule has 0 aliphatic heterocycles. The normalized spacial score (nSPS) is 15.7. The van der Waals surface area contributed by atoms with Crippen LogP contribution in [-0.4, -0.2) is 10.7 Å². The molecule has 22 heavy (non-hydrogen) atoms. The highest BCUT2D eigenvalue weighted by Crippen LogP contribution is 2.27. The van der Waals surface area contributed by atoms with E-state index in [2.05, 4.69) is 27.7 Å². The van der Waals surface area contributed by atoms with E-state index in [0.717, 1.165) is 31.6 Å². The van der Waals surface area contributed by atoms with Crippen LogP contribution in [0.3, 0.4) is 0 Å². The number of rotatable bonds is 16. The molecule has 0 aromatic carbocycles. The van der Waals surface area contributed by atoms with Crippen molar-refractivity contribution in [2.45, 2.75) is 130 Å². The molecule has 0 aromatic heterocycles. The summed E-state index contributed by atoms with van der Waals surface area (Å²) < 4.78 is 0. The van der Waals surface area contributed by atoms with Gasteiger partial charge in [0.05, 0.1) is 5.60 Å². The zero-order chi connectivity index (χ0) is 16.7. The molecular formula is C21H44O. The Kier molecular flexibility index (Phi) is 14.5. The van der Waals surface area contributed by atoms with Crippen molar-refractivity contribution in [1.29, 1.82) is 0 Å². The van der Waals surface area contributed by atoms with Crippen LogP contribution in [0.25, 0.3) is 0 Å². The smallest absolute Gasteiger partial charge is 0.0645 e. The van der Waals surface area contributed by atoms with E-state index in [4.69, 9.17) is 0 Å². The van der Waals surface area contributed by atoms with Gasteiger partial charge in [0.25, 0.3) is 0 Å². The Morgan fingerprint density at radius 3 is 1.73 bits per heavy atom. The van der Waals surface area contributed by atoms with Gasteiger partial charge in [-0.3, -0.25) is 0 Å². The van der Waals surface area contributed by atoms with Crippen molar-refractivity contribution in [2.24, 2.45) is 5.92 Å². The van der Waals surface area contributed by atoms with Crippen LogP contribution in [0.4, 0.5) is 0 Å². The number of aliphatic hydroxyl groups is 1. The monoisotopic (exact) mass is 312 g/mol. The zero-order valence-corrected chi connectivity index (χ0v) is 16.1. The first kappa shape index (κ1) is 22.0. The van der Waals surface area contributed by atoms with E-state index in [1.165, 1.54) is 70.6 Å². The second-order valence-electron chi connectivity index (χ2n) is 7.59. The molecule has 0 radical (unpaired) electrons. The van der Waals surface area contributed by atoms with Crippen LogP contribution in [0.5, 0.6) is 0 Å². The fourth-order valence-corrected chi connectivity index (χ4v) is 3.41. The van der Waals surface area contributed by atoms with Crippen molar-refractivity contribution in [2.75, 3.05) is 0 Å². The molecule has 0 aliphatic carbocycles. The number of hydrogen-bond donors (Lipinski definition) is 1. The third-order valence-corrected chi connectivity index (χ3v) is 5.28. The molecule has 0 aliphatic rings. The van der Waals surface area contributed by atoms with Crippen LogP contribution in [0.2, 0.25) is 0 Å². The fraction of sp³-hybridized carbons (Fsp3) is 1.00. The van der Waals surface area contributed by atoms with E-state index in [1.54, 1.807) is 0 Å². The van der Waals surface area contributed by atoms with E-state index >= 15 is 0 Å². The van der Waals surface area contributed by atoms with E-state index in [0.29, 0.717) is 0 Å². The van der Waals surface area contributed by atoms with Crippen LogP contribution < -0.4 is 0 Å². The summed E-state index contributed by atoms with van der Waals surface area (Å²) in [5, 5.41) is 10.5. The van der Waals surface area contributed by atoms with Crippen molar-refractivity contribution < 1.29 is 5.11 Å². The molecule has 0 rings (SSSR count). The van der Waals surface area contributed by atoms with E-state index in [-0.39, 0.29) is 5.60 Å². The van der Waals surface area contributed by atoms with Gasteiger partial charge in [-0.15, -0.1) is 0 Å². The SMILES string of the molecule is CCCCCCCCCCCC(C)CCC(O)(CC)CCC. The van der Waals surface area contributed by atoms with Gasteiger partial charge in [0.1, 0.15) is 0 Å². The molecule has 0 aromatic rings. The number of hydrogen-bond acceptors (Lipinski definition) is 1. The summed E-state index contributed by atoms with van der Waals surface area (Å²) in [4.78, 5) is 0. The summed E-state index contributed by atoms with van der Waals surface area (Å²) in [6, 6.07) is 0. The minimum Gasteiger partial charge on any atom is -0.390 e. The Morgan fingerprint density at radius 2 is 1.23 bits per heavy atom. The molecule has 0 heterocycles. The van der Waals surface area contributed by atoms with E-state index < -0.39 is 0 Å². The maximum Gasteiger partial charge on any atom is 0.0645 e. The molecule has 0 saturated heterocycles. The summed E-state index contributed by atoms with van der Waals surface area (Å²) in [5.41, 5.74) is -0.387. The summed E-state index contributed by atoms with van der Waals surface area (Å²) in [6.45, 7) is 8.95. The second-order valence-corrected chi connectivity index (χ2v) is 7.59. The lowest BCUT2D eigenvalue weighted by molar-refractivity contribution is 0.0125. The predicted octanol–water partition coefficient (Wildman–Crippen LogP) is 7.26. The molecule has 0 saturated carbocycles. The lowest BCUT2D eigenvalue weighted by atomic mass is 9.86. The van der Waals surface area contributed by atoms with Gasteiger partial charge in [0.15, 0.2) is 0 Å². The van der Waals surface area contributed by atoms with Crippen LogP contribution in [0.15, 0.2) is 0 Å². The standard InChI is InChI=1S/C21H44O/c1-5-8-9-10-11-12-13-14-15-16-20(4)17-19-21(22,7-3)18-6-2/h20,22H,5-19H2,1-4H3. The van der Waals surface area contributed by atoms with Gasteiger partial charge in [-0.1, -0.05) is 98.3 Å². The largest absolute Gasteiger partial charge is 0.390 e. The minimum absolute atomic E-state index is 0.387. The Labute approximate surface area is 141 Å².